The van der Waals surface area contributed by atoms with Crippen molar-refractivity contribution in [1.29, 1.82) is 0 Å². The van der Waals surface area contributed by atoms with Gasteiger partial charge in [0, 0.05) is 26.7 Å². The van der Waals surface area contributed by atoms with Crippen molar-refractivity contribution in [3.8, 4) is 0 Å². The fourth-order valence-electron chi connectivity index (χ4n) is 2.62. The van der Waals surface area contributed by atoms with Crippen LogP contribution in [0.5, 0.6) is 0 Å². The molecule has 0 aromatic heterocycles. The second-order valence-electron chi connectivity index (χ2n) is 5.52. The summed E-state index contributed by atoms with van der Waals surface area (Å²) in [6.45, 7) is 5.06. The molecular weight excluding hydrogens is 274 g/mol. The first-order valence-corrected chi connectivity index (χ1v) is 7.36. The smallest absolute Gasteiger partial charge is 0.320 e. The van der Waals surface area contributed by atoms with Crippen LogP contribution < -0.4 is 5.32 Å². The van der Waals surface area contributed by atoms with Crippen molar-refractivity contribution in [3.05, 3.63) is 0 Å². The van der Waals surface area contributed by atoms with Gasteiger partial charge < -0.3 is 20.2 Å². The molecule has 0 radical (unpaired) electrons. The first-order chi connectivity index (χ1) is 9.86. The van der Waals surface area contributed by atoms with E-state index in [0.29, 0.717) is 38.9 Å². The van der Waals surface area contributed by atoms with Gasteiger partial charge in [0.05, 0.1) is 5.41 Å². The average molecular weight is 299 g/mol. The predicted octanol–water partition coefficient (Wildman–Crippen LogP) is 0.751. The van der Waals surface area contributed by atoms with Crippen molar-refractivity contribution in [2.45, 2.75) is 33.1 Å². The number of amides is 3. The van der Waals surface area contributed by atoms with Gasteiger partial charge in [-0.2, -0.15) is 0 Å². The van der Waals surface area contributed by atoms with E-state index in [1.165, 1.54) is 4.90 Å². The Balaban J connectivity index is 2.55. The molecule has 0 atom stereocenters. The molecule has 120 valence electrons. The number of nitrogens with one attached hydrogen (secondary N) is 1. The highest BCUT2D eigenvalue weighted by atomic mass is 16.4. The van der Waals surface area contributed by atoms with Gasteiger partial charge in [-0.05, 0) is 26.2 Å². The topological polar surface area (TPSA) is 90.0 Å². The Morgan fingerprint density at radius 2 is 1.81 bits per heavy atom. The van der Waals surface area contributed by atoms with Crippen LogP contribution in [0.2, 0.25) is 0 Å². The van der Waals surface area contributed by atoms with Gasteiger partial charge in [0.1, 0.15) is 6.54 Å². The summed E-state index contributed by atoms with van der Waals surface area (Å²) in [5.41, 5.74) is -0.713. The zero-order valence-electron chi connectivity index (χ0n) is 13.0. The molecule has 0 saturated carbocycles. The van der Waals surface area contributed by atoms with E-state index in [2.05, 4.69) is 5.32 Å². The summed E-state index contributed by atoms with van der Waals surface area (Å²) in [5.74, 6) is -0.980. The summed E-state index contributed by atoms with van der Waals surface area (Å²) in [5, 5.41) is 12.0. The van der Waals surface area contributed by atoms with Crippen LogP contribution in [0.3, 0.4) is 0 Å². The van der Waals surface area contributed by atoms with Gasteiger partial charge in [0.25, 0.3) is 0 Å². The van der Waals surface area contributed by atoms with Gasteiger partial charge in [0.2, 0.25) is 5.91 Å². The molecule has 0 aromatic rings. The number of urea groups is 1. The fourth-order valence-corrected chi connectivity index (χ4v) is 2.62. The van der Waals surface area contributed by atoms with Crippen LogP contribution in [-0.2, 0) is 9.59 Å². The maximum atomic E-state index is 12.2. The van der Waals surface area contributed by atoms with Gasteiger partial charge in [-0.3, -0.25) is 9.59 Å². The highest BCUT2D eigenvalue weighted by Gasteiger charge is 2.41. The van der Waals surface area contributed by atoms with E-state index in [1.54, 1.807) is 11.9 Å². The number of carbonyl (C=O) groups excluding carboxylic acids is 2. The van der Waals surface area contributed by atoms with Crippen LogP contribution in [0.15, 0.2) is 0 Å². The lowest BCUT2D eigenvalue weighted by atomic mass is 9.76. The summed E-state index contributed by atoms with van der Waals surface area (Å²) in [7, 11) is 1.58. The highest BCUT2D eigenvalue weighted by molar-refractivity contribution is 5.84. The fraction of sp³-hybridized carbons (Fsp3) is 0.786. The molecule has 1 saturated heterocycles. The molecule has 7 heteroatoms. The van der Waals surface area contributed by atoms with E-state index in [0.717, 1.165) is 0 Å². The standard InChI is InChI=1S/C14H25N3O4/c1-4-14(12(19)20)6-8-17(9-7-14)13(21)16(3)10-11(18)15-5-2/h4-10H2,1-3H3,(H,15,18)(H,19,20). The SMILES string of the molecule is CCNC(=O)CN(C)C(=O)N1CCC(CC)(C(=O)O)CC1. The molecular formula is C14H25N3O4. The molecule has 2 N–H and O–H groups in total. The number of likely N-dealkylation sites (tertiary alicyclic amines) is 1. The minimum absolute atomic E-state index is 0.0149. The Kier molecular flexibility index (Phi) is 5.99. The Morgan fingerprint density at radius 1 is 1.24 bits per heavy atom. The van der Waals surface area contributed by atoms with Crippen LogP contribution in [-0.4, -0.2) is 66.0 Å². The van der Waals surface area contributed by atoms with Crippen molar-refractivity contribution >= 4 is 17.9 Å². The number of hydrogen-bond acceptors (Lipinski definition) is 3. The molecule has 1 rings (SSSR count). The van der Waals surface area contributed by atoms with E-state index < -0.39 is 11.4 Å². The zero-order chi connectivity index (χ0) is 16.0. The first-order valence-electron chi connectivity index (χ1n) is 7.36. The third-order valence-electron chi connectivity index (χ3n) is 4.20. The minimum atomic E-state index is -0.784. The Hall–Kier alpha value is -1.79. The molecule has 21 heavy (non-hydrogen) atoms. The number of carbonyl (C=O) groups is 3. The number of nitrogens with zero attached hydrogens (tertiary/aromatic N) is 2. The lowest BCUT2D eigenvalue weighted by Crippen LogP contribution is -2.51. The number of carboxylic acids is 1. The maximum absolute atomic E-state index is 12.2. The molecule has 3 amide bonds. The van der Waals surface area contributed by atoms with Crippen LogP contribution in [0.1, 0.15) is 33.1 Å². The number of aliphatic carboxylic acids is 1. The Labute approximate surface area is 125 Å². The van der Waals surface area contributed by atoms with Crippen LogP contribution in [0, 0.1) is 5.41 Å². The van der Waals surface area contributed by atoms with Crippen molar-refractivity contribution < 1.29 is 19.5 Å². The molecule has 1 aliphatic rings. The molecule has 0 aliphatic carbocycles. The summed E-state index contributed by atoms with van der Waals surface area (Å²) in [6.07, 6.45) is 1.48. The van der Waals surface area contributed by atoms with Gasteiger partial charge in [-0.1, -0.05) is 6.92 Å². The summed E-state index contributed by atoms with van der Waals surface area (Å²) in [6, 6.07) is -0.226. The predicted molar refractivity (Wildman–Crippen MR) is 77.9 cm³/mol. The lowest BCUT2D eigenvalue weighted by Gasteiger charge is -2.39. The van der Waals surface area contributed by atoms with Gasteiger partial charge in [-0.15, -0.1) is 0 Å². The summed E-state index contributed by atoms with van der Waals surface area (Å²) >= 11 is 0. The number of rotatable bonds is 5. The van der Waals surface area contributed by atoms with Crippen LogP contribution in [0.4, 0.5) is 4.79 Å². The van der Waals surface area contributed by atoms with E-state index >= 15 is 0 Å². The van der Waals surface area contributed by atoms with Gasteiger partial charge in [0.15, 0.2) is 0 Å². The largest absolute Gasteiger partial charge is 0.481 e. The molecule has 0 aromatic carbocycles. The van der Waals surface area contributed by atoms with Crippen molar-refractivity contribution in [3.63, 3.8) is 0 Å². The zero-order valence-corrected chi connectivity index (χ0v) is 13.0. The number of likely N-dealkylation sites (N-methyl/N-ethyl adjacent to an activating group) is 2. The van der Waals surface area contributed by atoms with E-state index in [1.807, 2.05) is 13.8 Å². The number of carboxylic acid groups (broad SMARTS) is 1. The maximum Gasteiger partial charge on any atom is 0.320 e. The number of hydrogen-bond donors (Lipinski definition) is 2. The summed E-state index contributed by atoms with van der Waals surface area (Å²) in [4.78, 5) is 38.1. The van der Waals surface area contributed by atoms with Crippen molar-refractivity contribution in [2.24, 2.45) is 5.41 Å². The van der Waals surface area contributed by atoms with Crippen LogP contribution >= 0.6 is 0 Å². The summed E-state index contributed by atoms with van der Waals surface area (Å²) < 4.78 is 0. The van der Waals surface area contributed by atoms with E-state index in [9.17, 15) is 19.5 Å². The molecule has 0 spiro atoms. The van der Waals surface area contributed by atoms with E-state index in [-0.39, 0.29) is 18.5 Å². The Morgan fingerprint density at radius 3 is 2.24 bits per heavy atom. The first kappa shape index (κ1) is 17.3. The molecule has 0 bridgehead atoms. The molecule has 0 unspecified atom stereocenters. The molecule has 1 fully saturated rings. The molecule has 1 heterocycles. The number of piperidine rings is 1. The minimum Gasteiger partial charge on any atom is -0.481 e. The third kappa shape index (κ3) is 4.09. The van der Waals surface area contributed by atoms with Gasteiger partial charge >= 0.3 is 12.0 Å². The highest BCUT2D eigenvalue weighted by Crippen LogP contribution is 2.35. The quantitative estimate of drug-likeness (QED) is 0.784. The average Bonchev–Trinajstić information content (AvgIpc) is 2.46. The van der Waals surface area contributed by atoms with Crippen LogP contribution in [0.25, 0.3) is 0 Å². The second-order valence-corrected chi connectivity index (χ2v) is 5.52. The van der Waals surface area contributed by atoms with Gasteiger partial charge in [-0.25, -0.2) is 4.79 Å². The molecule has 7 nitrogen and oxygen atoms in total. The van der Waals surface area contributed by atoms with E-state index in [4.69, 9.17) is 0 Å². The molecule has 1 aliphatic heterocycles. The second kappa shape index (κ2) is 7.28. The lowest BCUT2D eigenvalue weighted by molar-refractivity contribution is -0.152. The third-order valence-corrected chi connectivity index (χ3v) is 4.20. The monoisotopic (exact) mass is 299 g/mol. The van der Waals surface area contributed by atoms with Crippen molar-refractivity contribution in [2.75, 3.05) is 33.2 Å². The Bertz CT molecular complexity index is 403. The normalized spacial score (nSPS) is 17.2. The van der Waals surface area contributed by atoms with Crippen molar-refractivity contribution in [1.82, 2.24) is 15.1 Å².